The third-order valence-electron chi connectivity index (χ3n) is 1.54. The van der Waals surface area contributed by atoms with Gasteiger partial charge in [0.25, 0.3) is 0 Å². The highest BCUT2D eigenvalue weighted by Crippen LogP contribution is 2.06. The lowest BCUT2D eigenvalue weighted by Crippen LogP contribution is -2.34. The zero-order chi connectivity index (χ0) is 9.68. The van der Waals surface area contributed by atoms with Crippen molar-refractivity contribution in [1.29, 1.82) is 0 Å². The lowest BCUT2D eigenvalue weighted by molar-refractivity contribution is -0.123. The lowest BCUT2D eigenvalue weighted by atomic mass is 10.2. The molecule has 1 aromatic heterocycles. The van der Waals surface area contributed by atoms with Crippen molar-refractivity contribution < 1.29 is 9.59 Å². The Balaban J connectivity index is 2.38. The van der Waals surface area contributed by atoms with Crippen molar-refractivity contribution in [3.63, 3.8) is 0 Å². The first-order chi connectivity index (χ1) is 6.22. The summed E-state index contributed by atoms with van der Waals surface area (Å²) in [5.74, 6) is -0.113. The molecule has 0 bridgehead atoms. The van der Waals surface area contributed by atoms with Gasteiger partial charge in [0.05, 0.1) is 12.5 Å². The molecule has 13 heavy (non-hydrogen) atoms. The summed E-state index contributed by atoms with van der Waals surface area (Å²) in [7, 11) is 0. The molecule has 0 radical (unpaired) electrons. The predicted molar refractivity (Wildman–Crippen MR) is 51.7 cm³/mol. The number of carbonyl (C=O) groups excluding carboxylic acids is 2. The van der Waals surface area contributed by atoms with Crippen LogP contribution in [0.2, 0.25) is 0 Å². The number of thiophene rings is 1. The molecule has 0 saturated heterocycles. The largest absolute Gasteiger partial charge is 0.347 e. The van der Waals surface area contributed by atoms with Crippen LogP contribution in [-0.2, 0) is 16.0 Å². The van der Waals surface area contributed by atoms with E-state index in [1.54, 1.807) is 18.3 Å². The Morgan fingerprint density at radius 3 is 3.08 bits per heavy atom. The minimum absolute atomic E-state index is 0.113. The van der Waals surface area contributed by atoms with Gasteiger partial charge >= 0.3 is 0 Å². The number of amides is 1. The van der Waals surface area contributed by atoms with Crippen LogP contribution in [0.3, 0.4) is 0 Å². The number of carbonyl (C=O) groups is 2. The second-order valence-electron chi connectivity index (χ2n) is 2.80. The van der Waals surface area contributed by atoms with E-state index in [0.717, 1.165) is 5.56 Å². The van der Waals surface area contributed by atoms with Crippen LogP contribution >= 0.6 is 11.3 Å². The summed E-state index contributed by atoms with van der Waals surface area (Å²) in [6.45, 7) is 1.65. The monoisotopic (exact) mass is 197 g/mol. The van der Waals surface area contributed by atoms with Crippen LogP contribution in [0, 0.1) is 0 Å². The van der Waals surface area contributed by atoms with Crippen molar-refractivity contribution in [3.05, 3.63) is 22.4 Å². The highest BCUT2D eigenvalue weighted by atomic mass is 32.1. The Hall–Kier alpha value is -1.16. The third kappa shape index (κ3) is 3.38. The van der Waals surface area contributed by atoms with Crippen LogP contribution in [0.4, 0.5) is 0 Å². The molecule has 1 N–H and O–H groups in total. The normalized spacial score (nSPS) is 12.1. The molecule has 4 heteroatoms. The average molecular weight is 197 g/mol. The summed E-state index contributed by atoms with van der Waals surface area (Å²) in [6.07, 6.45) is 1.06. The molecular formula is C9H11NO2S. The molecule has 1 aromatic rings. The summed E-state index contributed by atoms with van der Waals surface area (Å²) >= 11 is 1.56. The summed E-state index contributed by atoms with van der Waals surface area (Å²) in [5, 5.41) is 6.41. The first-order valence-corrected chi connectivity index (χ1v) is 4.92. The molecule has 0 spiro atoms. The fourth-order valence-electron chi connectivity index (χ4n) is 0.918. The molecule has 1 heterocycles. The van der Waals surface area contributed by atoms with Gasteiger partial charge in [0, 0.05) is 0 Å². The topological polar surface area (TPSA) is 46.2 Å². The molecule has 0 aliphatic heterocycles. The van der Waals surface area contributed by atoms with E-state index < -0.39 is 6.04 Å². The summed E-state index contributed by atoms with van der Waals surface area (Å²) < 4.78 is 0. The highest BCUT2D eigenvalue weighted by molar-refractivity contribution is 7.07. The standard InChI is InChI=1S/C9H11NO2S/c1-7(5-11)10-9(12)4-8-2-3-13-6-8/h2-3,5-7H,4H2,1H3,(H,10,12)/t7-/m0/s1. The van der Waals surface area contributed by atoms with Gasteiger partial charge in [0.2, 0.25) is 5.91 Å². The fraction of sp³-hybridized carbons (Fsp3) is 0.333. The second-order valence-corrected chi connectivity index (χ2v) is 3.58. The molecule has 3 nitrogen and oxygen atoms in total. The highest BCUT2D eigenvalue weighted by Gasteiger charge is 2.06. The maximum absolute atomic E-state index is 11.2. The van der Waals surface area contributed by atoms with Gasteiger partial charge in [-0.05, 0) is 29.3 Å². The molecule has 0 fully saturated rings. The minimum Gasteiger partial charge on any atom is -0.347 e. The van der Waals surface area contributed by atoms with Crippen LogP contribution < -0.4 is 5.32 Å². The van der Waals surface area contributed by atoms with Gasteiger partial charge in [0.1, 0.15) is 6.29 Å². The summed E-state index contributed by atoms with van der Waals surface area (Å²) in [5.41, 5.74) is 0.987. The van der Waals surface area contributed by atoms with Gasteiger partial charge in [-0.15, -0.1) is 0 Å². The average Bonchev–Trinajstić information content (AvgIpc) is 2.56. The lowest BCUT2D eigenvalue weighted by Gasteiger charge is -2.05. The number of aldehydes is 1. The maximum Gasteiger partial charge on any atom is 0.225 e. The van der Waals surface area contributed by atoms with Gasteiger partial charge < -0.3 is 10.1 Å². The first-order valence-electron chi connectivity index (χ1n) is 3.98. The molecule has 1 amide bonds. The zero-order valence-corrected chi connectivity index (χ0v) is 8.14. The molecule has 0 aromatic carbocycles. The summed E-state index contributed by atoms with van der Waals surface area (Å²) in [4.78, 5) is 21.4. The summed E-state index contributed by atoms with van der Waals surface area (Å²) in [6, 6.07) is 1.50. The maximum atomic E-state index is 11.2. The fourth-order valence-corrected chi connectivity index (χ4v) is 1.59. The smallest absolute Gasteiger partial charge is 0.225 e. The molecule has 0 saturated carbocycles. The van der Waals surface area contributed by atoms with E-state index in [0.29, 0.717) is 12.7 Å². The van der Waals surface area contributed by atoms with Crippen molar-refractivity contribution in [2.24, 2.45) is 0 Å². The Morgan fingerprint density at radius 2 is 2.54 bits per heavy atom. The molecule has 1 atom stereocenters. The van der Waals surface area contributed by atoms with E-state index in [1.165, 1.54) is 0 Å². The van der Waals surface area contributed by atoms with Crippen LogP contribution in [0.25, 0.3) is 0 Å². The van der Waals surface area contributed by atoms with Crippen molar-refractivity contribution in [3.8, 4) is 0 Å². The molecule has 70 valence electrons. The third-order valence-corrected chi connectivity index (χ3v) is 2.27. The van der Waals surface area contributed by atoms with Crippen molar-refractivity contribution in [2.45, 2.75) is 19.4 Å². The van der Waals surface area contributed by atoms with Gasteiger partial charge in [-0.3, -0.25) is 4.79 Å². The van der Waals surface area contributed by atoms with Crippen LogP contribution in [-0.4, -0.2) is 18.2 Å². The van der Waals surface area contributed by atoms with Crippen LogP contribution in [0.5, 0.6) is 0 Å². The zero-order valence-electron chi connectivity index (χ0n) is 7.32. The predicted octanol–water partition coefficient (Wildman–Crippen LogP) is 0.994. The first kappa shape index (κ1) is 9.92. The minimum atomic E-state index is -0.397. The molecule has 1 rings (SSSR count). The van der Waals surface area contributed by atoms with E-state index in [9.17, 15) is 9.59 Å². The van der Waals surface area contributed by atoms with E-state index in [1.807, 2.05) is 16.8 Å². The Labute approximate surface area is 80.8 Å². The van der Waals surface area contributed by atoms with Crippen LogP contribution in [0.15, 0.2) is 16.8 Å². The second kappa shape index (κ2) is 4.77. The van der Waals surface area contributed by atoms with E-state index >= 15 is 0 Å². The van der Waals surface area contributed by atoms with E-state index in [2.05, 4.69) is 5.32 Å². The number of hydrogen-bond acceptors (Lipinski definition) is 3. The molecule has 0 unspecified atom stereocenters. The van der Waals surface area contributed by atoms with Gasteiger partial charge in [-0.2, -0.15) is 11.3 Å². The van der Waals surface area contributed by atoms with E-state index in [4.69, 9.17) is 0 Å². The quantitative estimate of drug-likeness (QED) is 0.732. The SMILES string of the molecule is C[C@@H](C=O)NC(=O)Cc1ccsc1. The van der Waals surface area contributed by atoms with Gasteiger partial charge in [0.15, 0.2) is 0 Å². The van der Waals surface area contributed by atoms with E-state index in [-0.39, 0.29) is 5.91 Å². The number of hydrogen-bond donors (Lipinski definition) is 1. The molecular weight excluding hydrogens is 186 g/mol. The molecule has 0 aliphatic carbocycles. The van der Waals surface area contributed by atoms with Crippen molar-refractivity contribution in [1.82, 2.24) is 5.32 Å². The van der Waals surface area contributed by atoms with Gasteiger partial charge in [-0.25, -0.2) is 0 Å². The van der Waals surface area contributed by atoms with Crippen molar-refractivity contribution >= 4 is 23.5 Å². The Bertz CT molecular complexity index is 282. The number of nitrogens with one attached hydrogen (secondary N) is 1. The van der Waals surface area contributed by atoms with Gasteiger partial charge in [-0.1, -0.05) is 0 Å². The molecule has 0 aliphatic rings. The Kier molecular flexibility index (Phi) is 3.64. The Morgan fingerprint density at radius 1 is 1.77 bits per heavy atom. The number of rotatable bonds is 4. The van der Waals surface area contributed by atoms with Crippen molar-refractivity contribution in [2.75, 3.05) is 0 Å². The van der Waals surface area contributed by atoms with Crippen LogP contribution in [0.1, 0.15) is 12.5 Å².